The van der Waals surface area contributed by atoms with E-state index in [9.17, 15) is 14.9 Å². The molecule has 0 fully saturated rings. The molecule has 0 aliphatic carbocycles. The maximum atomic E-state index is 10.7. The monoisotopic (exact) mass is 236 g/mol. The summed E-state index contributed by atoms with van der Waals surface area (Å²) in [6.45, 7) is 0.0801. The van der Waals surface area contributed by atoms with Gasteiger partial charge in [-0.1, -0.05) is 0 Å². The highest BCUT2D eigenvalue weighted by atomic mass is 16.6. The van der Waals surface area contributed by atoms with Crippen molar-refractivity contribution in [2.24, 2.45) is 0 Å². The van der Waals surface area contributed by atoms with E-state index < -0.39 is 16.6 Å². The maximum Gasteiger partial charge on any atom is 0.337 e. The van der Waals surface area contributed by atoms with E-state index in [0.29, 0.717) is 0 Å². The Balaban J connectivity index is 3.01. The van der Waals surface area contributed by atoms with E-state index in [2.05, 4.69) is 10.9 Å². The fraction of sp³-hybridized carbons (Fsp3) is 0.200. The van der Waals surface area contributed by atoms with Crippen LogP contribution in [0.25, 0.3) is 0 Å². The van der Waals surface area contributed by atoms with Crippen LogP contribution in [0.4, 0.5) is 5.69 Å². The number of carbonyl (C=O) groups is 1. The molecule has 1 aromatic rings. The fourth-order valence-corrected chi connectivity index (χ4v) is 1.01. The molecule has 17 heavy (non-hydrogen) atoms. The molecule has 0 aromatic carbocycles. The molecule has 0 bridgehead atoms. The average molecular weight is 236 g/mol. The number of carboxylic acid groups (broad SMARTS) is 1. The molecular formula is C10H8N2O5. The van der Waals surface area contributed by atoms with Crippen LogP contribution in [-0.2, 0) is 0 Å². The van der Waals surface area contributed by atoms with E-state index in [4.69, 9.17) is 16.3 Å². The van der Waals surface area contributed by atoms with Crippen LogP contribution in [0.1, 0.15) is 16.8 Å². The molecule has 0 aliphatic rings. The zero-order chi connectivity index (χ0) is 12.8. The topological polar surface area (TPSA) is 103 Å². The average Bonchev–Trinajstić information content (AvgIpc) is 2.29. The summed E-state index contributed by atoms with van der Waals surface area (Å²) in [6, 6.07) is 0.889. The van der Waals surface area contributed by atoms with Crippen LogP contribution in [0, 0.1) is 22.5 Å². The van der Waals surface area contributed by atoms with Gasteiger partial charge in [-0.25, -0.2) is 9.78 Å². The molecule has 88 valence electrons. The lowest BCUT2D eigenvalue weighted by atomic mass is 10.2. The highest BCUT2D eigenvalue weighted by Crippen LogP contribution is 2.25. The third-order valence-electron chi connectivity index (χ3n) is 1.76. The normalized spacial score (nSPS) is 9.35. The number of nitro groups is 1. The minimum absolute atomic E-state index is 0.0801. The lowest BCUT2D eigenvalue weighted by molar-refractivity contribution is -0.386. The van der Waals surface area contributed by atoms with Crippen LogP contribution in [0.2, 0.25) is 0 Å². The number of aromatic nitrogens is 1. The number of carboxylic acids is 1. The van der Waals surface area contributed by atoms with Crippen molar-refractivity contribution in [2.75, 3.05) is 6.61 Å². The van der Waals surface area contributed by atoms with Gasteiger partial charge >= 0.3 is 11.7 Å². The highest BCUT2D eigenvalue weighted by molar-refractivity contribution is 5.88. The minimum atomic E-state index is -1.30. The molecule has 0 radical (unpaired) electrons. The van der Waals surface area contributed by atoms with E-state index >= 15 is 0 Å². The van der Waals surface area contributed by atoms with Gasteiger partial charge < -0.3 is 9.84 Å². The van der Waals surface area contributed by atoms with Gasteiger partial charge in [0.15, 0.2) is 0 Å². The van der Waals surface area contributed by atoms with Crippen molar-refractivity contribution in [1.82, 2.24) is 4.98 Å². The first-order valence-electron chi connectivity index (χ1n) is 4.50. The molecule has 1 heterocycles. The SMILES string of the molecule is C#CCCOc1ncc(C(=O)O)cc1[N+](=O)[O-]. The van der Waals surface area contributed by atoms with Crippen molar-refractivity contribution < 1.29 is 19.6 Å². The second-order valence-electron chi connectivity index (χ2n) is 2.91. The van der Waals surface area contributed by atoms with E-state index in [1.54, 1.807) is 0 Å². The summed E-state index contributed by atoms with van der Waals surface area (Å²) in [5.41, 5.74) is -0.775. The number of pyridine rings is 1. The zero-order valence-electron chi connectivity index (χ0n) is 8.62. The van der Waals surface area contributed by atoms with Crippen LogP contribution in [0.3, 0.4) is 0 Å². The summed E-state index contributed by atoms with van der Waals surface area (Å²) in [6.07, 6.45) is 6.26. The van der Waals surface area contributed by atoms with Crippen LogP contribution in [0.5, 0.6) is 5.88 Å². The van der Waals surface area contributed by atoms with Gasteiger partial charge in [0.05, 0.1) is 10.5 Å². The Morgan fingerprint density at radius 3 is 2.94 bits per heavy atom. The van der Waals surface area contributed by atoms with Crippen molar-refractivity contribution in [1.29, 1.82) is 0 Å². The Morgan fingerprint density at radius 1 is 1.71 bits per heavy atom. The van der Waals surface area contributed by atoms with Gasteiger partial charge in [-0.2, -0.15) is 0 Å². The summed E-state index contributed by atoms with van der Waals surface area (Å²) in [4.78, 5) is 24.1. The molecule has 0 amide bonds. The molecule has 1 rings (SSSR count). The van der Waals surface area contributed by atoms with E-state index in [0.717, 1.165) is 12.3 Å². The third-order valence-corrected chi connectivity index (χ3v) is 1.76. The molecule has 7 nitrogen and oxygen atoms in total. The smallest absolute Gasteiger partial charge is 0.337 e. The van der Waals surface area contributed by atoms with Gasteiger partial charge in [-0.05, 0) is 0 Å². The first-order valence-corrected chi connectivity index (χ1v) is 4.50. The van der Waals surface area contributed by atoms with Crippen LogP contribution in [-0.4, -0.2) is 27.6 Å². The second kappa shape index (κ2) is 5.46. The molecule has 0 saturated heterocycles. The Morgan fingerprint density at radius 2 is 2.41 bits per heavy atom. The Hall–Kier alpha value is -2.62. The molecule has 0 aliphatic heterocycles. The first kappa shape index (κ1) is 12.4. The highest BCUT2D eigenvalue weighted by Gasteiger charge is 2.19. The predicted molar refractivity (Wildman–Crippen MR) is 56.8 cm³/mol. The summed E-state index contributed by atoms with van der Waals surface area (Å²) in [7, 11) is 0. The van der Waals surface area contributed by atoms with Gasteiger partial charge in [0, 0.05) is 18.7 Å². The molecule has 0 atom stereocenters. The minimum Gasteiger partial charge on any atom is -0.478 e. The molecule has 0 unspecified atom stereocenters. The lowest BCUT2D eigenvalue weighted by Crippen LogP contribution is -2.05. The number of terminal acetylenes is 1. The van der Waals surface area contributed by atoms with Crippen LogP contribution in [0.15, 0.2) is 12.3 Å². The summed E-state index contributed by atoms with van der Waals surface area (Å²) in [5, 5.41) is 19.3. The van der Waals surface area contributed by atoms with E-state index in [1.165, 1.54) is 0 Å². The Labute approximate surface area is 96.2 Å². The van der Waals surface area contributed by atoms with Gasteiger partial charge in [0.1, 0.15) is 6.61 Å². The standard InChI is InChI=1S/C10H8N2O5/c1-2-3-4-17-9-8(12(15)16)5-7(6-11-9)10(13)14/h1,5-6H,3-4H2,(H,13,14). The number of ether oxygens (including phenoxy) is 1. The van der Waals surface area contributed by atoms with Crippen molar-refractivity contribution >= 4 is 11.7 Å². The number of nitrogens with zero attached hydrogens (tertiary/aromatic N) is 2. The summed E-state index contributed by atoms with van der Waals surface area (Å²) < 4.78 is 4.99. The summed E-state index contributed by atoms with van der Waals surface area (Å²) in [5.74, 6) is 0.763. The maximum absolute atomic E-state index is 10.7. The van der Waals surface area contributed by atoms with E-state index in [-0.39, 0.29) is 24.5 Å². The number of hydrogen-bond acceptors (Lipinski definition) is 5. The quantitative estimate of drug-likeness (QED) is 0.355. The lowest BCUT2D eigenvalue weighted by Gasteiger charge is -2.04. The van der Waals surface area contributed by atoms with E-state index in [1.807, 2.05) is 0 Å². The van der Waals surface area contributed by atoms with Gasteiger partial charge in [0.25, 0.3) is 5.88 Å². The molecular weight excluding hydrogens is 228 g/mol. The van der Waals surface area contributed by atoms with Crippen LogP contribution >= 0.6 is 0 Å². The molecule has 0 spiro atoms. The number of hydrogen-bond donors (Lipinski definition) is 1. The predicted octanol–water partition coefficient (Wildman–Crippen LogP) is 1.09. The fourth-order valence-electron chi connectivity index (χ4n) is 1.01. The molecule has 1 N–H and O–H groups in total. The Kier molecular flexibility index (Phi) is 4.00. The molecule has 7 heteroatoms. The third kappa shape index (κ3) is 3.17. The van der Waals surface area contributed by atoms with Crippen molar-refractivity contribution in [3.8, 4) is 18.2 Å². The summed E-state index contributed by atoms with van der Waals surface area (Å²) >= 11 is 0. The Bertz CT molecular complexity index is 492. The van der Waals surface area contributed by atoms with Gasteiger partial charge in [0.2, 0.25) is 0 Å². The van der Waals surface area contributed by atoms with Gasteiger partial charge in [-0.3, -0.25) is 10.1 Å². The van der Waals surface area contributed by atoms with Crippen molar-refractivity contribution in [3.63, 3.8) is 0 Å². The van der Waals surface area contributed by atoms with Crippen molar-refractivity contribution in [2.45, 2.75) is 6.42 Å². The molecule has 0 saturated carbocycles. The number of aromatic carboxylic acids is 1. The second-order valence-corrected chi connectivity index (χ2v) is 2.91. The van der Waals surface area contributed by atoms with Crippen molar-refractivity contribution in [3.05, 3.63) is 27.9 Å². The zero-order valence-corrected chi connectivity index (χ0v) is 8.62. The van der Waals surface area contributed by atoms with Crippen LogP contribution < -0.4 is 4.74 Å². The largest absolute Gasteiger partial charge is 0.478 e. The van der Waals surface area contributed by atoms with Gasteiger partial charge in [-0.15, -0.1) is 12.3 Å². The number of rotatable bonds is 5. The molecule has 1 aromatic heterocycles. The first-order chi connectivity index (χ1) is 8.06.